The summed E-state index contributed by atoms with van der Waals surface area (Å²) in [5.74, 6) is 0.659. The molecule has 1 aliphatic carbocycles. The van der Waals surface area contributed by atoms with Gasteiger partial charge in [0.25, 0.3) is 0 Å². The van der Waals surface area contributed by atoms with Crippen LogP contribution in [0, 0.1) is 6.92 Å². The molecule has 1 fully saturated rings. The van der Waals surface area contributed by atoms with Crippen LogP contribution in [-0.2, 0) is 10.2 Å². The first-order valence-electron chi connectivity index (χ1n) is 8.63. The number of hydrogen-bond donors (Lipinski definition) is 1. The van der Waals surface area contributed by atoms with Gasteiger partial charge in [-0.3, -0.25) is 4.79 Å². The Morgan fingerprint density at radius 2 is 1.88 bits per heavy atom. The van der Waals surface area contributed by atoms with Crippen LogP contribution in [0.4, 0.5) is 5.69 Å². The number of nitrogens with one attached hydrogen (secondary N) is 1. The van der Waals surface area contributed by atoms with Crippen molar-refractivity contribution in [2.45, 2.75) is 44.9 Å². The van der Waals surface area contributed by atoms with Crippen LogP contribution in [0.15, 0.2) is 42.5 Å². The minimum absolute atomic E-state index is 0.0697. The Balaban J connectivity index is 1.85. The Morgan fingerprint density at radius 1 is 1.17 bits per heavy atom. The predicted molar refractivity (Wildman–Crippen MR) is 95.4 cm³/mol. The Morgan fingerprint density at radius 3 is 2.50 bits per heavy atom. The number of benzene rings is 1. The lowest BCUT2D eigenvalue weighted by atomic mass is 9.78. The molecule has 1 amide bonds. The van der Waals surface area contributed by atoms with Gasteiger partial charge in [0, 0.05) is 6.07 Å². The molecule has 1 heterocycles. The number of carbonyl (C=O) groups is 1. The molecular formula is C20H24N2O2. The highest BCUT2D eigenvalue weighted by molar-refractivity contribution is 5.99. The molecule has 4 heteroatoms. The molecule has 1 aliphatic rings. The van der Waals surface area contributed by atoms with E-state index in [1.165, 1.54) is 0 Å². The van der Waals surface area contributed by atoms with Gasteiger partial charge >= 0.3 is 0 Å². The molecule has 24 heavy (non-hydrogen) atoms. The Labute approximate surface area is 143 Å². The number of amides is 1. The lowest BCUT2D eigenvalue weighted by molar-refractivity contribution is -0.121. The first-order chi connectivity index (χ1) is 11.7. The highest BCUT2D eigenvalue weighted by Crippen LogP contribution is 2.42. The van der Waals surface area contributed by atoms with Crippen LogP contribution in [-0.4, -0.2) is 17.5 Å². The number of nitrogens with zero attached hydrogens (tertiary/aromatic N) is 1. The average molecular weight is 324 g/mol. The van der Waals surface area contributed by atoms with Crippen molar-refractivity contribution in [2.75, 3.05) is 11.9 Å². The molecule has 4 nitrogen and oxygen atoms in total. The molecule has 0 spiro atoms. The number of rotatable bonds is 5. The van der Waals surface area contributed by atoms with Crippen molar-refractivity contribution in [3.63, 3.8) is 0 Å². The lowest BCUT2D eigenvalue weighted by Gasteiger charge is -2.28. The Bertz CT molecular complexity index is 707. The van der Waals surface area contributed by atoms with Gasteiger partial charge in [-0.1, -0.05) is 43.2 Å². The van der Waals surface area contributed by atoms with Crippen LogP contribution in [0.2, 0.25) is 0 Å². The summed E-state index contributed by atoms with van der Waals surface area (Å²) in [4.78, 5) is 17.5. The topological polar surface area (TPSA) is 51.2 Å². The fraction of sp³-hybridized carbons (Fsp3) is 0.400. The second-order valence-electron chi connectivity index (χ2n) is 6.32. The molecule has 0 aliphatic heterocycles. The molecule has 126 valence electrons. The van der Waals surface area contributed by atoms with Crippen LogP contribution in [0.1, 0.15) is 43.9 Å². The van der Waals surface area contributed by atoms with E-state index < -0.39 is 5.41 Å². The number of aryl methyl sites for hydroxylation is 1. The van der Waals surface area contributed by atoms with Crippen molar-refractivity contribution in [2.24, 2.45) is 0 Å². The normalized spacial score (nSPS) is 15.9. The van der Waals surface area contributed by atoms with E-state index in [-0.39, 0.29) is 5.91 Å². The zero-order valence-electron chi connectivity index (χ0n) is 14.3. The van der Waals surface area contributed by atoms with Crippen LogP contribution in [0.5, 0.6) is 5.88 Å². The van der Waals surface area contributed by atoms with Gasteiger partial charge in [-0.25, -0.2) is 4.98 Å². The zero-order valence-corrected chi connectivity index (χ0v) is 14.3. The predicted octanol–water partition coefficient (Wildman–Crippen LogP) is 4.24. The zero-order chi connectivity index (χ0) is 17.0. The third-order valence-corrected chi connectivity index (χ3v) is 4.82. The SMILES string of the molecule is CCOc1ccc(NC(=O)C2(c3ccccc3)CCCC2)c(C)n1. The molecule has 0 unspecified atom stereocenters. The van der Waals surface area contributed by atoms with Gasteiger partial charge in [0.1, 0.15) is 0 Å². The third-order valence-electron chi connectivity index (χ3n) is 4.82. The van der Waals surface area contributed by atoms with E-state index in [4.69, 9.17) is 4.74 Å². The molecule has 3 rings (SSSR count). The quantitative estimate of drug-likeness (QED) is 0.895. The van der Waals surface area contributed by atoms with Crippen molar-refractivity contribution in [1.29, 1.82) is 0 Å². The molecule has 1 saturated carbocycles. The summed E-state index contributed by atoms with van der Waals surface area (Å²) >= 11 is 0. The van der Waals surface area contributed by atoms with Crippen molar-refractivity contribution in [3.05, 3.63) is 53.7 Å². The van der Waals surface area contributed by atoms with Crippen LogP contribution < -0.4 is 10.1 Å². The maximum atomic E-state index is 13.1. The smallest absolute Gasteiger partial charge is 0.235 e. The first-order valence-corrected chi connectivity index (χ1v) is 8.63. The number of carbonyl (C=O) groups excluding carboxylic acids is 1. The molecule has 0 radical (unpaired) electrons. The Kier molecular flexibility index (Phi) is 4.84. The summed E-state index contributed by atoms with van der Waals surface area (Å²) < 4.78 is 5.41. The van der Waals surface area contributed by atoms with Crippen LogP contribution in [0.3, 0.4) is 0 Å². The summed E-state index contributed by atoms with van der Waals surface area (Å²) in [5.41, 5.74) is 2.21. The number of anilines is 1. The first kappa shape index (κ1) is 16.5. The van der Waals surface area contributed by atoms with E-state index in [2.05, 4.69) is 22.4 Å². The number of pyridine rings is 1. The molecular weight excluding hydrogens is 300 g/mol. The fourth-order valence-electron chi connectivity index (χ4n) is 3.52. The van der Waals surface area contributed by atoms with Crippen molar-refractivity contribution in [3.8, 4) is 5.88 Å². The van der Waals surface area contributed by atoms with E-state index >= 15 is 0 Å². The summed E-state index contributed by atoms with van der Waals surface area (Å²) in [5, 5.41) is 3.10. The van der Waals surface area contributed by atoms with Crippen molar-refractivity contribution >= 4 is 11.6 Å². The molecule has 0 bridgehead atoms. The van der Waals surface area contributed by atoms with Gasteiger partial charge in [0.15, 0.2) is 0 Å². The van der Waals surface area contributed by atoms with Gasteiger partial charge < -0.3 is 10.1 Å². The van der Waals surface area contributed by atoms with Gasteiger partial charge in [-0.15, -0.1) is 0 Å². The highest BCUT2D eigenvalue weighted by atomic mass is 16.5. The summed E-state index contributed by atoms with van der Waals surface area (Å²) in [6.07, 6.45) is 3.96. The second-order valence-corrected chi connectivity index (χ2v) is 6.32. The monoisotopic (exact) mass is 324 g/mol. The average Bonchev–Trinajstić information content (AvgIpc) is 3.09. The van der Waals surface area contributed by atoms with Crippen molar-refractivity contribution < 1.29 is 9.53 Å². The molecule has 1 aromatic carbocycles. The second kappa shape index (κ2) is 7.04. The summed E-state index contributed by atoms with van der Waals surface area (Å²) in [7, 11) is 0. The van der Waals surface area contributed by atoms with Gasteiger partial charge in [0.05, 0.1) is 23.4 Å². The molecule has 2 aromatic rings. The molecule has 0 saturated heterocycles. The van der Waals surface area contributed by atoms with Gasteiger partial charge in [-0.05, 0) is 38.3 Å². The van der Waals surface area contributed by atoms with Crippen LogP contribution >= 0.6 is 0 Å². The largest absolute Gasteiger partial charge is 0.478 e. The standard InChI is InChI=1S/C20H24N2O2/c1-3-24-18-12-11-17(15(2)21-18)22-19(23)20(13-7-8-14-20)16-9-5-4-6-10-16/h4-6,9-12H,3,7-8,13-14H2,1-2H3,(H,22,23). The highest BCUT2D eigenvalue weighted by Gasteiger charge is 2.42. The minimum atomic E-state index is -0.424. The number of ether oxygens (including phenoxy) is 1. The van der Waals surface area contributed by atoms with Gasteiger partial charge in [-0.2, -0.15) is 0 Å². The van der Waals surface area contributed by atoms with Crippen LogP contribution in [0.25, 0.3) is 0 Å². The van der Waals surface area contributed by atoms with E-state index in [0.717, 1.165) is 42.6 Å². The van der Waals surface area contributed by atoms with Gasteiger partial charge in [0.2, 0.25) is 11.8 Å². The number of hydrogen-bond acceptors (Lipinski definition) is 3. The molecule has 1 N–H and O–H groups in total. The lowest BCUT2D eigenvalue weighted by Crippen LogP contribution is -2.38. The molecule has 0 atom stereocenters. The minimum Gasteiger partial charge on any atom is -0.478 e. The number of aromatic nitrogens is 1. The van der Waals surface area contributed by atoms with E-state index in [1.54, 1.807) is 6.07 Å². The maximum absolute atomic E-state index is 13.1. The fourth-order valence-corrected chi connectivity index (χ4v) is 3.52. The third kappa shape index (κ3) is 3.14. The maximum Gasteiger partial charge on any atom is 0.235 e. The van der Waals surface area contributed by atoms with Crippen molar-refractivity contribution in [1.82, 2.24) is 4.98 Å². The molecule has 1 aromatic heterocycles. The van der Waals surface area contributed by atoms with E-state index in [9.17, 15) is 4.79 Å². The Hall–Kier alpha value is -2.36. The van der Waals surface area contributed by atoms with E-state index in [0.29, 0.717) is 12.5 Å². The summed E-state index contributed by atoms with van der Waals surface area (Å²) in [6, 6.07) is 13.8. The van der Waals surface area contributed by atoms with E-state index in [1.807, 2.05) is 38.1 Å². The summed E-state index contributed by atoms with van der Waals surface area (Å²) in [6.45, 7) is 4.40.